The van der Waals surface area contributed by atoms with Crippen LogP contribution in [0.5, 0.6) is 0 Å². The van der Waals surface area contributed by atoms with E-state index in [4.69, 9.17) is 4.98 Å². The Morgan fingerprint density at radius 3 is 2.61 bits per heavy atom. The first kappa shape index (κ1) is 20.0. The molecule has 31 heavy (non-hydrogen) atoms. The molecule has 2 aromatic rings. The number of benzene rings is 1. The standard InChI is InChI=1S/C22H25F2N5O2/c1-28-6-2-3-15-18(28)26-21(27-19(15)30)29-7-4-22(5-8-29)17-14(12-24)9-13(11-23)10-16(17)25-20(22)31/h9-10H,2-8,11-12H2,1H3,(H,25,31)(H,26,27,30). The zero-order valence-electron chi connectivity index (χ0n) is 17.4. The molecule has 0 aliphatic carbocycles. The Kier molecular flexibility index (Phi) is 4.71. The van der Waals surface area contributed by atoms with Crippen molar-refractivity contribution in [2.75, 3.05) is 41.8 Å². The van der Waals surface area contributed by atoms with Crippen LogP contribution in [0.4, 0.5) is 26.2 Å². The molecule has 0 saturated carbocycles. The van der Waals surface area contributed by atoms with Crippen LogP contribution in [0.1, 0.15) is 41.5 Å². The predicted octanol–water partition coefficient (Wildman–Crippen LogP) is 2.58. The highest BCUT2D eigenvalue weighted by molar-refractivity contribution is 6.07. The van der Waals surface area contributed by atoms with Crippen molar-refractivity contribution < 1.29 is 13.6 Å². The molecule has 1 aromatic carbocycles. The Hall–Kier alpha value is -2.97. The summed E-state index contributed by atoms with van der Waals surface area (Å²) in [7, 11) is 1.93. The Bertz CT molecular complexity index is 1110. The first-order chi connectivity index (χ1) is 15.0. The molecule has 1 aromatic heterocycles. The molecule has 3 aliphatic rings. The van der Waals surface area contributed by atoms with E-state index in [1.807, 2.05) is 16.8 Å². The van der Waals surface area contributed by atoms with Gasteiger partial charge in [-0.2, -0.15) is 4.98 Å². The van der Waals surface area contributed by atoms with Crippen molar-refractivity contribution in [3.63, 3.8) is 0 Å². The average Bonchev–Trinajstić information content (AvgIpc) is 3.05. The van der Waals surface area contributed by atoms with Gasteiger partial charge in [0.15, 0.2) is 0 Å². The highest BCUT2D eigenvalue weighted by Crippen LogP contribution is 2.47. The molecule has 2 N–H and O–H groups in total. The molecule has 1 saturated heterocycles. The van der Waals surface area contributed by atoms with E-state index in [0.717, 1.165) is 19.4 Å². The first-order valence-corrected chi connectivity index (χ1v) is 10.7. The molecule has 5 rings (SSSR count). The van der Waals surface area contributed by atoms with Crippen LogP contribution in [0, 0.1) is 0 Å². The van der Waals surface area contributed by atoms with Crippen LogP contribution in [0.25, 0.3) is 0 Å². The lowest BCUT2D eigenvalue weighted by molar-refractivity contribution is -0.121. The van der Waals surface area contributed by atoms with Crippen LogP contribution in [-0.2, 0) is 30.0 Å². The van der Waals surface area contributed by atoms with E-state index in [9.17, 15) is 18.4 Å². The molecule has 1 spiro atoms. The van der Waals surface area contributed by atoms with Crippen molar-refractivity contribution in [2.24, 2.45) is 0 Å². The molecule has 0 bridgehead atoms. The summed E-state index contributed by atoms with van der Waals surface area (Å²) in [6, 6.07) is 3.12. The van der Waals surface area contributed by atoms with Crippen LogP contribution in [-0.4, -0.2) is 42.6 Å². The second kappa shape index (κ2) is 7.32. The van der Waals surface area contributed by atoms with Crippen LogP contribution >= 0.6 is 0 Å². The van der Waals surface area contributed by atoms with Crippen LogP contribution < -0.4 is 20.7 Å². The molecule has 7 nitrogen and oxygen atoms in total. The van der Waals surface area contributed by atoms with Gasteiger partial charge in [-0.15, -0.1) is 0 Å². The average molecular weight is 429 g/mol. The number of amides is 1. The number of hydrogen-bond donors (Lipinski definition) is 2. The number of anilines is 3. The summed E-state index contributed by atoms with van der Waals surface area (Å²) in [6.45, 7) is 0.394. The molecule has 3 aliphatic heterocycles. The fourth-order valence-corrected chi connectivity index (χ4v) is 5.31. The van der Waals surface area contributed by atoms with Gasteiger partial charge in [0.2, 0.25) is 11.9 Å². The molecule has 164 valence electrons. The van der Waals surface area contributed by atoms with Crippen LogP contribution in [0.15, 0.2) is 16.9 Å². The summed E-state index contributed by atoms with van der Waals surface area (Å²) >= 11 is 0. The van der Waals surface area contributed by atoms with Crippen LogP contribution in [0.2, 0.25) is 0 Å². The molecule has 0 radical (unpaired) electrons. The third-order valence-electron chi connectivity index (χ3n) is 6.92. The maximum absolute atomic E-state index is 13.8. The van der Waals surface area contributed by atoms with Gasteiger partial charge in [-0.3, -0.25) is 14.6 Å². The number of nitrogens with one attached hydrogen (secondary N) is 2. The third kappa shape index (κ3) is 3.01. The Morgan fingerprint density at radius 1 is 1.13 bits per heavy atom. The SMILES string of the molecule is CN1CCCc2c1nc(N1CCC3(CC1)C(=O)Nc1cc(CF)cc(CF)c13)[nH]c2=O. The number of aromatic amines is 1. The van der Waals surface area contributed by atoms with Gasteiger partial charge < -0.3 is 15.1 Å². The second-order valence-corrected chi connectivity index (χ2v) is 8.68. The number of hydrogen-bond acceptors (Lipinski definition) is 5. The number of rotatable bonds is 3. The number of nitrogens with zero attached hydrogens (tertiary/aromatic N) is 3. The maximum atomic E-state index is 13.8. The van der Waals surface area contributed by atoms with Crippen molar-refractivity contribution >= 4 is 23.4 Å². The van der Waals surface area contributed by atoms with Crippen molar-refractivity contribution in [1.29, 1.82) is 0 Å². The highest BCUT2D eigenvalue weighted by atomic mass is 19.1. The van der Waals surface area contributed by atoms with Gasteiger partial charge in [0.25, 0.3) is 5.56 Å². The lowest BCUT2D eigenvalue weighted by Gasteiger charge is -2.39. The molecule has 1 amide bonds. The lowest BCUT2D eigenvalue weighted by Crippen LogP contribution is -2.48. The fourth-order valence-electron chi connectivity index (χ4n) is 5.31. The van der Waals surface area contributed by atoms with Gasteiger partial charge in [0.05, 0.1) is 11.0 Å². The largest absolute Gasteiger partial charge is 0.359 e. The third-order valence-corrected chi connectivity index (χ3v) is 6.92. The van der Waals surface area contributed by atoms with Gasteiger partial charge in [0, 0.05) is 32.4 Å². The van der Waals surface area contributed by atoms with E-state index in [1.54, 1.807) is 6.07 Å². The molecule has 9 heteroatoms. The van der Waals surface area contributed by atoms with Gasteiger partial charge in [0.1, 0.15) is 19.2 Å². The molecular weight excluding hydrogens is 404 g/mol. The number of carbonyl (C=O) groups is 1. The van der Waals surface area contributed by atoms with Crippen molar-refractivity contribution in [3.8, 4) is 0 Å². The topological polar surface area (TPSA) is 81.3 Å². The number of halogens is 2. The number of piperidine rings is 1. The van der Waals surface area contributed by atoms with E-state index in [1.165, 1.54) is 6.07 Å². The van der Waals surface area contributed by atoms with Gasteiger partial charge in [-0.05, 0) is 48.4 Å². The number of alkyl halides is 2. The van der Waals surface area contributed by atoms with E-state index >= 15 is 0 Å². The molecular formula is C22H25F2N5O2. The van der Waals surface area contributed by atoms with E-state index in [2.05, 4.69) is 10.3 Å². The quantitative estimate of drug-likeness (QED) is 0.784. The van der Waals surface area contributed by atoms with Gasteiger partial charge in [-0.1, -0.05) is 6.07 Å². The minimum atomic E-state index is -0.840. The normalized spacial score (nSPS) is 19.4. The summed E-state index contributed by atoms with van der Waals surface area (Å²) in [5.74, 6) is 1.05. The molecule has 0 unspecified atom stereocenters. The van der Waals surface area contributed by atoms with Crippen LogP contribution in [0.3, 0.4) is 0 Å². The minimum absolute atomic E-state index is 0.116. The second-order valence-electron chi connectivity index (χ2n) is 8.68. The maximum Gasteiger partial charge on any atom is 0.257 e. The van der Waals surface area contributed by atoms with E-state index in [0.29, 0.717) is 65.6 Å². The number of carbonyl (C=O) groups excluding carboxylic acids is 1. The van der Waals surface area contributed by atoms with Crippen molar-refractivity contribution in [3.05, 3.63) is 44.7 Å². The van der Waals surface area contributed by atoms with E-state index in [-0.39, 0.29) is 11.5 Å². The Morgan fingerprint density at radius 2 is 1.90 bits per heavy atom. The van der Waals surface area contributed by atoms with E-state index < -0.39 is 18.8 Å². The minimum Gasteiger partial charge on any atom is -0.359 e. The molecule has 1 fully saturated rings. The number of aromatic nitrogens is 2. The zero-order chi connectivity index (χ0) is 21.8. The molecule has 0 atom stereocenters. The monoisotopic (exact) mass is 429 g/mol. The zero-order valence-corrected chi connectivity index (χ0v) is 17.4. The van der Waals surface area contributed by atoms with Gasteiger partial charge >= 0.3 is 0 Å². The summed E-state index contributed by atoms with van der Waals surface area (Å²) in [4.78, 5) is 37.2. The summed E-state index contributed by atoms with van der Waals surface area (Å²) in [5.41, 5.74) is 1.67. The van der Waals surface area contributed by atoms with Gasteiger partial charge in [-0.25, -0.2) is 8.78 Å². The number of fused-ring (bicyclic) bond motifs is 3. The Labute approximate surface area is 178 Å². The molecule has 4 heterocycles. The summed E-state index contributed by atoms with van der Waals surface area (Å²) in [5, 5.41) is 2.85. The summed E-state index contributed by atoms with van der Waals surface area (Å²) < 4.78 is 27.0. The Balaban J connectivity index is 1.46. The first-order valence-electron chi connectivity index (χ1n) is 10.7. The predicted molar refractivity (Wildman–Crippen MR) is 114 cm³/mol. The fraction of sp³-hybridized carbons (Fsp3) is 0.500. The summed E-state index contributed by atoms with van der Waals surface area (Å²) in [6.07, 6.45) is 2.57. The highest BCUT2D eigenvalue weighted by Gasteiger charge is 2.50. The van der Waals surface area contributed by atoms with Crippen molar-refractivity contribution in [1.82, 2.24) is 9.97 Å². The lowest BCUT2D eigenvalue weighted by atomic mass is 9.72. The number of H-pyrrole nitrogens is 1. The van der Waals surface area contributed by atoms with Crippen molar-refractivity contribution in [2.45, 2.75) is 44.4 Å². The smallest absolute Gasteiger partial charge is 0.257 e.